The summed E-state index contributed by atoms with van der Waals surface area (Å²) in [7, 11) is 0. The second kappa shape index (κ2) is 9.52. The first-order valence-corrected chi connectivity index (χ1v) is 10.9. The molecule has 2 N–H and O–H groups in total. The van der Waals surface area contributed by atoms with E-state index in [0.717, 1.165) is 0 Å². The number of piperidine rings is 2. The topological polar surface area (TPSA) is 87.7 Å². The number of amides is 2. The highest BCUT2D eigenvalue weighted by Gasteiger charge is 2.45. The van der Waals surface area contributed by atoms with Crippen molar-refractivity contribution in [2.24, 2.45) is 5.92 Å². The van der Waals surface area contributed by atoms with Gasteiger partial charge in [0.05, 0.1) is 24.9 Å². The van der Waals surface area contributed by atoms with Crippen LogP contribution < -0.4 is 10.6 Å². The first-order chi connectivity index (χ1) is 14.9. The van der Waals surface area contributed by atoms with E-state index in [1.807, 2.05) is 0 Å². The van der Waals surface area contributed by atoms with Crippen LogP contribution in [0.2, 0.25) is 0 Å². The zero-order valence-electron chi connectivity index (χ0n) is 18.7. The number of hydrogen-bond donors (Lipinski definition) is 2. The summed E-state index contributed by atoms with van der Waals surface area (Å²) < 4.78 is 35.2. The highest BCUT2D eigenvalue weighted by atomic mass is 19.3. The maximum absolute atomic E-state index is 15.0. The fourth-order valence-electron chi connectivity index (χ4n) is 4.15. The number of alkyl halides is 2. The van der Waals surface area contributed by atoms with E-state index in [9.17, 15) is 23.2 Å². The Labute approximate surface area is 186 Å². The van der Waals surface area contributed by atoms with E-state index in [2.05, 4.69) is 10.6 Å². The Balaban J connectivity index is 1.59. The van der Waals surface area contributed by atoms with Gasteiger partial charge in [-0.25, -0.2) is 8.78 Å². The van der Waals surface area contributed by atoms with Gasteiger partial charge in [-0.2, -0.15) is 0 Å². The maximum atomic E-state index is 15.0. The van der Waals surface area contributed by atoms with Crippen LogP contribution in [0.15, 0.2) is 24.3 Å². The quantitative estimate of drug-likeness (QED) is 0.511. The molecule has 0 aliphatic carbocycles. The first kappa shape index (κ1) is 24.1. The molecule has 0 radical (unpaired) electrons. The lowest BCUT2D eigenvalue weighted by Crippen LogP contribution is -2.49. The number of halogens is 2. The highest BCUT2D eigenvalue weighted by Crippen LogP contribution is 2.40. The minimum absolute atomic E-state index is 0.160. The average Bonchev–Trinajstić information content (AvgIpc) is 2.65. The summed E-state index contributed by atoms with van der Waals surface area (Å²) in [6.45, 7) is 5.26. The number of ether oxygens (including phenoxy) is 1. The number of likely N-dealkylation sites (tertiary alicyclic amines) is 1. The standard InChI is InChI=1S/C23H31F2N3O4/c1-22(2,3)32-20(30)13-28-10-9-18(23(24,25)14-28)15-5-4-6-17(11-15)26-12-16-7-8-19(29)27-21(16)31/h4-6,11,16,18,26H,7-10,12-14H2,1-3H3,(H,27,29,31)/t16-,18-/m1/s1. The van der Waals surface area contributed by atoms with Gasteiger partial charge in [0.15, 0.2) is 0 Å². The van der Waals surface area contributed by atoms with Crippen molar-refractivity contribution in [1.29, 1.82) is 0 Å². The van der Waals surface area contributed by atoms with Gasteiger partial charge in [-0.3, -0.25) is 24.6 Å². The molecule has 0 saturated carbocycles. The number of carbonyl (C=O) groups excluding carboxylic acids is 3. The van der Waals surface area contributed by atoms with Gasteiger partial charge >= 0.3 is 5.97 Å². The van der Waals surface area contributed by atoms with Crippen LogP contribution in [-0.2, 0) is 19.1 Å². The molecular weight excluding hydrogens is 420 g/mol. The van der Waals surface area contributed by atoms with Gasteiger partial charge in [0.2, 0.25) is 11.8 Å². The molecule has 2 fully saturated rings. The fourth-order valence-corrected chi connectivity index (χ4v) is 4.15. The van der Waals surface area contributed by atoms with Crippen molar-refractivity contribution >= 4 is 23.5 Å². The second-order valence-corrected chi connectivity index (χ2v) is 9.55. The molecule has 1 aromatic carbocycles. The predicted molar refractivity (Wildman–Crippen MR) is 115 cm³/mol. The molecule has 2 saturated heterocycles. The van der Waals surface area contributed by atoms with Crippen LogP contribution in [0.4, 0.5) is 14.5 Å². The molecule has 3 rings (SSSR count). The van der Waals surface area contributed by atoms with Crippen LogP contribution in [0, 0.1) is 5.92 Å². The van der Waals surface area contributed by atoms with Gasteiger partial charge < -0.3 is 10.1 Å². The molecule has 1 aromatic rings. The van der Waals surface area contributed by atoms with Gasteiger partial charge in [-0.15, -0.1) is 0 Å². The fraction of sp³-hybridized carbons (Fsp3) is 0.609. The molecule has 2 aliphatic rings. The minimum atomic E-state index is -3.00. The summed E-state index contributed by atoms with van der Waals surface area (Å²) >= 11 is 0. The number of nitrogens with one attached hydrogen (secondary N) is 2. The molecule has 7 nitrogen and oxygen atoms in total. The molecule has 2 aliphatic heterocycles. The van der Waals surface area contributed by atoms with Gasteiger partial charge in [0, 0.05) is 18.7 Å². The van der Waals surface area contributed by atoms with Crippen molar-refractivity contribution in [3.8, 4) is 0 Å². The Morgan fingerprint density at radius 3 is 2.69 bits per heavy atom. The molecule has 0 spiro atoms. The van der Waals surface area contributed by atoms with E-state index in [4.69, 9.17) is 4.74 Å². The largest absolute Gasteiger partial charge is 0.459 e. The molecule has 32 heavy (non-hydrogen) atoms. The third kappa shape index (κ3) is 6.48. The third-order valence-corrected chi connectivity index (χ3v) is 5.65. The van der Waals surface area contributed by atoms with Gasteiger partial charge in [0.1, 0.15) is 5.60 Å². The first-order valence-electron chi connectivity index (χ1n) is 10.9. The van der Waals surface area contributed by atoms with Crippen LogP contribution in [0.25, 0.3) is 0 Å². The number of nitrogens with zero attached hydrogens (tertiary/aromatic N) is 1. The van der Waals surface area contributed by atoms with Gasteiger partial charge in [-0.05, 0) is 57.9 Å². The average molecular weight is 452 g/mol. The summed E-state index contributed by atoms with van der Waals surface area (Å²) in [6.07, 6.45) is 0.976. The number of carbonyl (C=O) groups is 3. The van der Waals surface area contributed by atoms with Crippen LogP contribution in [0.1, 0.15) is 51.5 Å². The van der Waals surface area contributed by atoms with Gasteiger partial charge in [0.25, 0.3) is 5.92 Å². The molecule has 2 amide bonds. The Morgan fingerprint density at radius 2 is 2.03 bits per heavy atom. The zero-order chi connectivity index (χ0) is 23.5. The SMILES string of the molecule is CC(C)(C)OC(=O)CN1CC[C@H](c2cccc(NC[C@H]3CCC(=O)NC3=O)c2)C(F)(F)C1. The third-order valence-electron chi connectivity index (χ3n) is 5.65. The smallest absolute Gasteiger partial charge is 0.320 e. The molecule has 2 atom stereocenters. The molecule has 2 heterocycles. The minimum Gasteiger partial charge on any atom is -0.459 e. The molecular formula is C23H31F2N3O4. The van der Waals surface area contributed by atoms with Crippen molar-refractivity contribution in [3.63, 3.8) is 0 Å². The van der Waals surface area contributed by atoms with Crippen molar-refractivity contribution in [2.45, 2.75) is 57.5 Å². The van der Waals surface area contributed by atoms with E-state index in [1.54, 1.807) is 45.0 Å². The Kier molecular flexibility index (Phi) is 7.17. The normalized spacial score (nSPS) is 24.0. The Morgan fingerprint density at radius 1 is 1.28 bits per heavy atom. The summed E-state index contributed by atoms with van der Waals surface area (Å²) in [6, 6.07) is 6.85. The lowest BCUT2D eigenvalue weighted by atomic mass is 9.86. The van der Waals surface area contributed by atoms with E-state index in [-0.39, 0.29) is 30.7 Å². The highest BCUT2D eigenvalue weighted by molar-refractivity contribution is 5.98. The molecule has 0 bridgehead atoms. The Hall–Kier alpha value is -2.55. The number of hydrogen-bond acceptors (Lipinski definition) is 6. The number of anilines is 1. The number of imide groups is 1. The van der Waals surface area contributed by atoms with E-state index in [1.165, 1.54) is 4.90 Å². The second-order valence-electron chi connectivity index (χ2n) is 9.55. The van der Waals surface area contributed by atoms with E-state index >= 15 is 0 Å². The number of rotatable bonds is 6. The van der Waals surface area contributed by atoms with Crippen molar-refractivity contribution in [2.75, 3.05) is 31.5 Å². The molecule has 0 unspecified atom stereocenters. The lowest BCUT2D eigenvalue weighted by molar-refractivity contribution is -0.159. The van der Waals surface area contributed by atoms with Crippen LogP contribution >= 0.6 is 0 Å². The lowest BCUT2D eigenvalue weighted by Gasteiger charge is -2.38. The van der Waals surface area contributed by atoms with Crippen LogP contribution in [0.3, 0.4) is 0 Å². The summed E-state index contributed by atoms with van der Waals surface area (Å²) in [5, 5.41) is 5.45. The number of benzene rings is 1. The molecule has 176 valence electrons. The number of esters is 1. The van der Waals surface area contributed by atoms with Crippen LogP contribution in [-0.4, -0.2) is 60.4 Å². The van der Waals surface area contributed by atoms with Crippen molar-refractivity contribution in [3.05, 3.63) is 29.8 Å². The Bertz CT molecular complexity index is 869. The van der Waals surface area contributed by atoms with Gasteiger partial charge in [-0.1, -0.05) is 12.1 Å². The summed E-state index contributed by atoms with van der Waals surface area (Å²) in [5.41, 5.74) is 0.513. The maximum Gasteiger partial charge on any atom is 0.320 e. The van der Waals surface area contributed by atoms with Crippen molar-refractivity contribution < 1.29 is 27.9 Å². The van der Waals surface area contributed by atoms with E-state index in [0.29, 0.717) is 37.2 Å². The van der Waals surface area contributed by atoms with Crippen molar-refractivity contribution in [1.82, 2.24) is 10.2 Å². The summed E-state index contributed by atoms with van der Waals surface area (Å²) in [4.78, 5) is 36.6. The monoisotopic (exact) mass is 451 g/mol. The van der Waals surface area contributed by atoms with Crippen LogP contribution in [0.5, 0.6) is 0 Å². The molecule has 9 heteroatoms. The predicted octanol–water partition coefficient (Wildman–Crippen LogP) is 2.92. The van der Waals surface area contributed by atoms with E-state index < -0.39 is 30.0 Å². The molecule has 0 aromatic heterocycles. The zero-order valence-corrected chi connectivity index (χ0v) is 18.7. The summed E-state index contributed by atoms with van der Waals surface area (Å²) in [5.74, 6) is -5.39.